The average Bonchev–Trinajstić information content (AvgIpc) is 2.37. The zero-order valence-electron chi connectivity index (χ0n) is 10.7. The van der Waals surface area contributed by atoms with Crippen molar-refractivity contribution in [2.75, 3.05) is 0 Å². The van der Waals surface area contributed by atoms with Gasteiger partial charge in [0.25, 0.3) is 0 Å². The van der Waals surface area contributed by atoms with Crippen LogP contribution in [-0.2, 0) is 6.61 Å². The van der Waals surface area contributed by atoms with Crippen LogP contribution in [0.2, 0.25) is 0 Å². The Kier molecular flexibility index (Phi) is 4.43. The summed E-state index contributed by atoms with van der Waals surface area (Å²) in [5, 5.41) is 0. The molecular weight excluding hydrogens is 288 g/mol. The molecular formula is C16H17BrO. The van der Waals surface area contributed by atoms with Crippen molar-refractivity contribution in [2.24, 2.45) is 0 Å². The van der Waals surface area contributed by atoms with Crippen LogP contribution in [0.25, 0.3) is 0 Å². The van der Waals surface area contributed by atoms with Gasteiger partial charge >= 0.3 is 0 Å². The van der Waals surface area contributed by atoms with Gasteiger partial charge in [-0.3, -0.25) is 0 Å². The molecule has 0 aromatic heterocycles. The van der Waals surface area contributed by atoms with Crippen LogP contribution in [0.15, 0.2) is 53.0 Å². The molecule has 0 saturated carbocycles. The van der Waals surface area contributed by atoms with Gasteiger partial charge in [-0.05, 0) is 35.2 Å². The van der Waals surface area contributed by atoms with Gasteiger partial charge in [-0.1, -0.05) is 60.1 Å². The minimum Gasteiger partial charge on any atom is -0.489 e. The molecule has 2 heteroatoms. The Morgan fingerprint density at radius 2 is 1.78 bits per heavy atom. The van der Waals surface area contributed by atoms with Crippen LogP contribution < -0.4 is 4.74 Å². The number of benzene rings is 2. The van der Waals surface area contributed by atoms with Gasteiger partial charge in [-0.15, -0.1) is 0 Å². The zero-order valence-corrected chi connectivity index (χ0v) is 12.3. The Hall–Kier alpha value is -1.28. The van der Waals surface area contributed by atoms with Gasteiger partial charge in [0.15, 0.2) is 0 Å². The molecule has 2 rings (SSSR count). The molecule has 0 bridgehead atoms. The second-order valence-electron chi connectivity index (χ2n) is 4.64. The lowest BCUT2D eigenvalue weighted by Crippen LogP contribution is -1.96. The van der Waals surface area contributed by atoms with E-state index in [-0.39, 0.29) is 0 Å². The number of rotatable bonds is 4. The van der Waals surface area contributed by atoms with E-state index in [1.165, 1.54) is 11.1 Å². The Morgan fingerprint density at radius 1 is 1.06 bits per heavy atom. The summed E-state index contributed by atoms with van der Waals surface area (Å²) in [6, 6.07) is 16.5. The summed E-state index contributed by atoms with van der Waals surface area (Å²) in [6.07, 6.45) is 0. The largest absolute Gasteiger partial charge is 0.489 e. The Bertz CT molecular complexity index is 503. The van der Waals surface area contributed by atoms with Crippen molar-refractivity contribution in [3.8, 4) is 5.75 Å². The van der Waals surface area contributed by atoms with Crippen LogP contribution in [-0.4, -0.2) is 0 Å². The van der Waals surface area contributed by atoms with E-state index in [0.29, 0.717) is 12.5 Å². The van der Waals surface area contributed by atoms with Gasteiger partial charge in [0.1, 0.15) is 12.4 Å². The van der Waals surface area contributed by atoms with Crippen LogP contribution >= 0.6 is 15.9 Å². The summed E-state index contributed by atoms with van der Waals surface area (Å²) in [7, 11) is 0. The zero-order chi connectivity index (χ0) is 13.0. The van der Waals surface area contributed by atoms with E-state index < -0.39 is 0 Å². The molecule has 0 unspecified atom stereocenters. The number of hydrogen-bond donors (Lipinski definition) is 0. The molecule has 0 atom stereocenters. The van der Waals surface area contributed by atoms with Crippen molar-refractivity contribution in [2.45, 2.75) is 26.4 Å². The molecule has 0 aliphatic carbocycles. The van der Waals surface area contributed by atoms with Crippen LogP contribution in [0.4, 0.5) is 0 Å². The third-order valence-corrected chi connectivity index (χ3v) is 3.34. The molecule has 0 radical (unpaired) electrons. The molecule has 0 saturated heterocycles. The SMILES string of the molecule is CC(C)c1ccc(COc2cccc(Br)c2)cc1. The van der Waals surface area contributed by atoms with E-state index in [0.717, 1.165) is 10.2 Å². The lowest BCUT2D eigenvalue weighted by atomic mass is 10.0. The quantitative estimate of drug-likeness (QED) is 0.759. The maximum atomic E-state index is 5.74. The highest BCUT2D eigenvalue weighted by atomic mass is 79.9. The van der Waals surface area contributed by atoms with Crippen molar-refractivity contribution in [1.29, 1.82) is 0 Å². The van der Waals surface area contributed by atoms with Crippen LogP contribution in [0.3, 0.4) is 0 Å². The summed E-state index contributed by atoms with van der Waals surface area (Å²) < 4.78 is 6.78. The van der Waals surface area contributed by atoms with E-state index >= 15 is 0 Å². The normalized spacial score (nSPS) is 10.7. The maximum Gasteiger partial charge on any atom is 0.120 e. The molecule has 0 amide bonds. The number of hydrogen-bond acceptors (Lipinski definition) is 1. The first kappa shape index (κ1) is 13.2. The molecule has 0 aliphatic heterocycles. The van der Waals surface area contributed by atoms with E-state index in [4.69, 9.17) is 4.74 Å². The monoisotopic (exact) mass is 304 g/mol. The molecule has 0 fully saturated rings. The van der Waals surface area contributed by atoms with Crippen molar-refractivity contribution >= 4 is 15.9 Å². The minimum atomic E-state index is 0.574. The molecule has 0 aliphatic rings. The van der Waals surface area contributed by atoms with Crippen LogP contribution in [0, 0.1) is 0 Å². The van der Waals surface area contributed by atoms with E-state index in [2.05, 4.69) is 54.0 Å². The smallest absolute Gasteiger partial charge is 0.120 e. The van der Waals surface area contributed by atoms with Crippen molar-refractivity contribution in [1.82, 2.24) is 0 Å². The van der Waals surface area contributed by atoms with Gasteiger partial charge in [0.05, 0.1) is 0 Å². The fourth-order valence-electron chi connectivity index (χ4n) is 1.72. The van der Waals surface area contributed by atoms with Gasteiger partial charge in [-0.25, -0.2) is 0 Å². The Morgan fingerprint density at radius 3 is 2.39 bits per heavy atom. The van der Waals surface area contributed by atoms with E-state index in [9.17, 15) is 0 Å². The second kappa shape index (κ2) is 6.05. The first-order chi connectivity index (χ1) is 8.65. The minimum absolute atomic E-state index is 0.574. The van der Waals surface area contributed by atoms with Gasteiger partial charge < -0.3 is 4.74 Å². The van der Waals surface area contributed by atoms with E-state index in [1.54, 1.807) is 0 Å². The fourth-order valence-corrected chi connectivity index (χ4v) is 2.10. The highest BCUT2D eigenvalue weighted by Crippen LogP contribution is 2.20. The summed E-state index contributed by atoms with van der Waals surface area (Å²) >= 11 is 3.43. The third-order valence-electron chi connectivity index (χ3n) is 2.85. The molecule has 1 nitrogen and oxygen atoms in total. The summed E-state index contributed by atoms with van der Waals surface area (Å²) in [5.41, 5.74) is 2.56. The fraction of sp³-hybridized carbons (Fsp3) is 0.250. The maximum absolute atomic E-state index is 5.74. The van der Waals surface area contributed by atoms with Gasteiger partial charge in [-0.2, -0.15) is 0 Å². The molecule has 94 valence electrons. The Balaban J connectivity index is 1.98. The lowest BCUT2D eigenvalue weighted by Gasteiger charge is -2.09. The van der Waals surface area contributed by atoms with Crippen molar-refractivity contribution in [3.05, 3.63) is 64.1 Å². The second-order valence-corrected chi connectivity index (χ2v) is 5.56. The first-order valence-corrected chi connectivity index (χ1v) is 6.91. The van der Waals surface area contributed by atoms with E-state index in [1.807, 2.05) is 24.3 Å². The van der Waals surface area contributed by atoms with Crippen LogP contribution in [0.1, 0.15) is 30.9 Å². The molecule has 0 heterocycles. The Labute approximate surface area is 117 Å². The van der Waals surface area contributed by atoms with Crippen molar-refractivity contribution in [3.63, 3.8) is 0 Å². The number of ether oxygens (including phenoxy) is 1. The topological polar surface area (TPSA) is 9.23 Å². The molecule has 0 spiro atoms. The number of halogens is 1. The van der Waals surface area contributed by atoms with Gasteiger partial charge in [0.2, 0.25) is 0 Å². The highest BCUT2D eigenvalue weighted by Gasteiger charge is 2.00. The highest BCUT2D eigenvalue weighted by molar-refractivity contribution is 9.10. The summed E-state index contributed by atoms with van der Waals surface area (Å²) in [5.74, 6) is 1.46. The van der Waals surface area contributed by atoms with Crippen molar-refractivity contribution < 1.29 is 4.74 Å². The average molecular weight is 305 g/mol. The molecule has 2 aromatic rings. The first-order valence-electron chi connectivity index (χ1n) is 6.12. The summed E-state index contributed by atoms with van der Waals surface area (Å²) in [4.78, 5) is 0. The molecule has 0 N–H and O–H groups in total. The lowest BCUT2D eigenvalue weighted by molar-refractivity contribution is 0.306. The predicted molar refractivity (Wildman–Crippen MR) is 79.0 cm³/mol. The standard InChI is InChI=1S/C16H17BrO/c1-12(2)14-8-6-13(7-9-14)11-18-16-5-3-4-15(17)10-16/h3-10,12H,11H2,1-2H3. The third kappa shape index (κ3) is 3.61. The molecule has 18 heavy (non-hydrogen) atoms. The van der Waals surface area contributed by atoms with Crippen LogP contribution in [0.5, 0.6) is 5.75 Å². The summed E-state index contributed by atoms with van der Waals surface area (Å²) in [6.45, 7) is 5.01. The predicted octanol–water partition coefficient (Wildman–Crippen LogP) is 5.15. The van der Waals surface area contributed by atoms with Gasteiger partial charge in [0, 0.05) is 4.47 Å². The molecule has 2 aromatic carbocycles.